The molecule has 188 valence electrons. The van der Waals surface area contributed by atoms with Crippen molar-refractivity contribution in [2.75, 3.05) is 56.6 Å². The lowest BCUT2D eigenvalue weighted by Gasteiger charge is -2.36. The minimum Gasteiger partial charge on any atom is -0.497 e. The quantitative estimate of drug-likeness (QED) is 0.253. The zero-order valence-corrected chi connectivity index (χ0v) is 22.1. The zero-order valence-electron chi connectivity index (χ0n) is 20.5. The highest BCUT2D eigenvalue weighted by Gasteiger charge is 2.19. The number of anilines is 2. The van der Waals surface area contributed by atoms with Crippen LogP contribution in [0.3, 0.4) is 0 Å². The number of nitrogens with one attached hydrogen (secondary N) is 1. The molecule has 37 heavy (non-hydrogen) atoms. The number of piperazine rings is 1. The summed E-state index contributed by atoms with van der Waals surface area (Å²) in [4.78, 5) is 14.3. The SMILES string of the molecule is COc1ccc2nc3cc(Cl)ccc3c(NCCN3CCN(c4ccnc5cc(Cl)ccc45)CC3)c2c1. The van der Waals surface area contributed by atoms with E-state index in [1.807, 2.05) is 54.7 Å². The molecule has 0 bridgehead atoms. The molecule has 0 radical (unpaired) electrons. The molecule has 2 aromatic heterocycles. The van der Waals surface area contributed by atoms with Gasteiger partial charge in [0.1, 0.15) is 5.75 Å². The number of pyridine rings is 2. The Hall–Kier alpha value is -3.32. The summed E-state index contributed by atoms with van der Waals surface area (Å²) in [6, 6.07) is 19.9. The third-order valence-electron chi connectivity index (χ3n) is 7.07. The predicted octanol–water partition coefficient (Wildman–Crippen LogP) is 6.49. The lowest BCUT2D eigenvalue weighted by atomic mass is 10.1. The average molecular weight is 532 g/mol. The molecular weight excluding hydrogens is 505 g/mol. The van der Waals surface area contributed by atoms with Gasteiger partial charge in [0.2, 0.25) is 0 Å². The molecule has 3 heterocycles. The Bertz CT molecular complexity index is 1600. The van der Waals surface area contributed by atoms with Gasteiger partial charge in [0, 0.05) is 77.4 Å². The van der Waals surface area contributed by atoms with Gasteiger partial charge in [0.15, 0.2) is 0 Å². The Kier molecular flexibility index (Phi) is 6.63. The van der Waals surface area contributed by atoms with Crippen LogP contribution >= 0.6 is 23.2 Å². The van der Waals surface area contributed by atoms with Gasteiger partial charge in [-0.2, -0.15) is 0 Å². The van der Waals surface area contributed by atoms with Crippen molar-refractivity contribution >= 4 is 67.3 Å². The van der Waals surface area contributed by atoms with E-state index in [1.165, 1.54) is 5.69 Å². The second-order valence-electron chi connectivity index (χ2n) is 9.28. The molecule has 1 aliphatic heterocycles. The summed E-state index contributed by atoms with van der Waals surface area (Å²) in [6.45, 7) is 5.71. The van der Waals surface area contributed by atoms with Crippen molar-refractivity contribution in [1.29, 1.82) is 0 Å². The van der Waals surface area contributed by atoms with E-state index in [0.29, 0.717) is 10.0 Å². The molecule has 3 aromatic carbocycles. The first kappa shape index (κ1) is 24.0. The Morgan fingerprint density at radius 2 is 1.57 bits per heavy atom. The van der Waals surface area contributed by atoms with E-state index in [2.05, 4.69) is 32.2 Å². The van der Waals surface area contributed by atoms with E-state index < -0.39 is 0 Å². The minimum atomic E-state index is 0.682. The highest BCUT2D eigenvalue weighted by Crippen LogP contribution is 2.34. The number of nitrogens with zero attached hydrogens (tertiary/aromatic N) is 4. The number of hydrogen-bond donors (Lipinski definition) is 1. The number of fused-ring (bicyclic) bond motifs is 3. The fourth-order valence-electron chi connectivity index (χ4n) is 5.15. The summed E-state index contributed by atoms with van der Waals surface area (Å²) in [7, 11) is 1.69. The number of methoxy groups -OCH3 is 1. The van der Waals surface area contributed by atoms with Crippen molar-refractivity contribution in [2.24, 2.45) is 0 Å². The van der Waals surface area contributed by atoms with Crippen LogP contribution in [-0.4, -0.2) is 61.2 Å². The molecule has 0 saturated carbocycles. The second kappa shape index (κ2) is 10.2. The standard InChI is InChI=1S/C29H27Cl2N5O/c1-37-21-4-7-25-24(18-21)29(23-6-3-20(31)17-27(23)34-25)33-10-11-35-12-14-36(15-13-35)28-8-9-32-26-16-19(30)2-5-22(26)28/h2-9,16-18H,10-15H2,1H3,(H,33,34). The van der Waals surface area contributed by atoms with Crippen molar-refractivity contribution in [1.82, 2.24) is 14.9 Å². The number of aromatic nitrogens is 2. The minimum absolute atomic E-state index is 0.682. The lowest BCUT2D eigenvalue weighted by molar-refractivity contribution is 0.267. The molecule has 8 heteroatoms. The molecule has 0 atom stereocenters. The molecule has 1 saturated heterocycles. The number of rotatable bonds is 6. The van der Waals surface area contributed by atoms with Crippen LogP contribution in [0.4, 0.5) is 11.4 Å². The van der Waals surface area contributed by atoms with Crippen molar-refractivity contribution < 1.29 is 4.74 Å². The van der Waals surface area contributed by atoms with Gasteiger partial charge in [-0.15, -0.1) is 0 Å². The lowest BCUT2D eigenvalue weighted by Crippen LogP contribution is -2.47. The molecule has 0 unspecified atom stereocenters. The van der Waals surface area contributed by atoms with Crippen molar-refractivity contribution in [3.63, 3.8) is 0 Å². The smallest absolute Gasteiger partial charge is 0.119 e. The van der Waals surface area contributed by atoms with E-state index in [0.717, 1.165) is 83.4 Å². The first-order valence-corrected chi connectivity index (χ1v) is 13.2. The van der Waals surface area contributed by atoms with Gasteiger partial charge in [-0.1, -0.05) is 23.2 Å². The maximum Gasteiger partial charge on any atom is 0.119 e. The van der Waals surface area contributed by atoms with Gasteiger partial charge in [0.25, 0.3) is 0 Å². The van der Waals surface area contributed by atoms with E-state index in [-0.39, 0.29) is 0 Å². The van der Waals surface area contributed by atoms with Crippen molar-refractivity contribution in [3.8, 4) is 5.75 Å². The number of hydrogen-bond acceptors (Lipinski definition) is 6. The maximum absolute atomic E-state index is 6.27. The van der Waals surface area contributed by atoms with Crippen LogP contribution in [0.15, 0.2) is 66.9 Å². The van der Waals surface area contributed by atoms with Crippen LogP contribution in [-0.2, 0) is 0 Å². The third-order valence-corrected chi connectivity index (χ3v) is 7.54. The van der Waals surface area contributed by atoms with Gasteiger partial charge in [-0.05, 0) is 60.7 Å². The molecule has 1 aliphatic rings. The zero-order chi connectivity index (χ0) is 25.4. The summed E-state index contributed by atoms with van der Waals surface area (Å²) in [5.74, 6) is 0.813. The monoisotopic (exact) mass is 531 g/mol. The van der Waals surface area contributed by atoms with Crippen LogP contribution < -0.4 is 15.0 Å². The van der Waals surface area contributed by atoms with Crippen LogP contribution in [0.5, 0.6) is 5.75 Å². The normalized spacial score (nSPS) is 14.5. The molecule has 0 aliphatic carbocycles. The maximum atomic E-state index is 6.27. The second-order valence-corrected chi connectivity index (χ2v) is 10.2. The highest BCUT2D eigenvalue weighted by molar-refractivity contribution is 6.31. The van der Waals surface area contributed by atoms with Crippen LogP contribution in [0.1, 0.15) is 0 Å². The van der Waals surface area contributed by atoms with Crippen LogP contribution in [0.25, 0.3) is 32.7 Å². The highest BCUT2D eigenvalue weighted by atomic mass is 35.5. The summed E-state index contributed by atoms with van der Waals surface area (Å²) < 4.78 is 5.49. The van der Waals surface area contributed by atoms with E-state index in [4.69, 9.17) is 32.9 Å². The fourth-order valence-corrected chi connectivity index (χ4v) is 5.48. The molecule has 1 N–H and O–H groups in total. The van der Waals surface area contributed by atoms with Gasteiger partial charge in [-0.3, -0.25) is 9.88 Å². The number of benzene rings is 3. The van der Waals surface area contributed by atoms with Gasteiger partial charge < -0.3 is 15.0 Å². The van der Waals surface area contributed by atoms with Gasteiger partial charge in [-0.25, -0.2) is 4.98 Å². The van der Waals surface area contributed by atoms with Crippen LogP contribution in [0, 0.1) is 0 Å². The molecule has 0 spiro atoms. The van der Waals surface area contributed by atoms with Gasteiger partial charge in [0.05, 0.1) is 29.3 Å². The summed E-state index contributed by atoms with van der Waals surface area (Å²) in [5.41, 5.74) is 5.02. The fraction of sp³-hybridized carbons (Fsp3) is 0.241. The van der Waals surface area contributed by atoms with Crippen molar-refractivity contribution in [2.45, 2.75) is 0 Å². The molecular formula is C29H27Cl2N5O. The van der Waals surface area contributed by atoms with E-state index >= 15 is 0 Å². The van der Waals surface area contributed by atoms with Crippen molar-refractivity contribution in [3.05, 3.63) is 76.9 Å². The predicted molar refractivity (Wildman–Crippen MR) is 155 cm³/mol. The topological polar surface area (TPSA) is 53.5 Å². The molecule has 1 fully saturated rings. The van der Waals surface area contributed by atoms with Crippen LogP contribution in [0.2, 0.25) is 10.0 Å². The number of ether oxygens (including phenoxy) is 1. The Morgan fingerprint density at radius 3 is 2.35 bits per heavy atom. The Morgan fingerprint density at radius 1 is 0.811 bits per heavy atom. The number of halogens is 2. The average Bonchev–Trinajstić information content (AvgIpc) is 2.92. The van der Waals surface area contributed by atoms with E-state index in [1.54, 1.807) is 7.11 Å². The van der Waals surface area contributed by atoms with Gasteiger partial charge >= 0.3 is 0 Å². The van der Waals surface area contributed by atoms with E-state index in [9.17, 15) is 0 Å². The Labute approximate surface area is 225 Å². The Balaban J connectivity index is 1.16. The largest absolute Gasteiger partial charge is 0.497 e. The third kappa shape index (κ3) is 4.85. The molecule has 5 aromatic rings. The summed E-state index contributed by atoms with van der Waals surface area (Å²) >= 11 is 12.4. The summed E-state index contributed by atoms with van der Waals surface area (Å²) in [5, 5.41) is 8.35. The molecule has 6 rings (SSSR count). The summed E-state index contributed by atoms with van der Waals surface area (Å²) in [6.07, 6.45) is 1.87. The first-order valence-electron chi connectivity index (χ1n) is 12.4. The molecule has 6 nitrogen and oxygen atoms in total. The first-order chi connectivity index (χ1) is 18.1. The molecule has 0 amide bonds.